The van der Waals surface area contributed by atoms with Crippen LogP contribution in [0.2, 0.25) is 5.15 Å². The highest BCUT2D eigenvalue weighted by atomic mass is 35.5. The van der Waals surface area contributed by atoms with Crippen LogP contribution in [-0.4, -0.2) is 22.3 Å². The first-order chi connectivity index (χ1) is 5.15. The summed E-state index contributed by atoms with van der Waals surface area (Å²) in [7, 11) is 0. The Labute approximate surface area is 76.4 Å². The molecule has 0 aromatic carbocycles. The Bertz CT molecular complexity index is 286. The van der Waals surface area contributed by atoms with Crippen molar-refractivity contribution in [1.82, 2.24) is 4.98 Å². The summed E-state index contributed by atoms with van der Waals surface area (Å²) in [6.07, 6.45) is 1.82. The maximum atomic E-state index is 10.4. The van der Waals surface area contributed by atoms with Gasteiger partial charge in [0.1, 0.15) is 0 Å². The number of halogens is 1. The number of carboxylic acid groups (broad SMARTS) is 1. The molecule has 6 heteroatoms. The van der Waals surface area contributed by atoms with Gasteiger partial charge in [-0.15, -0.1) is 0 Å². The van der Waals surface area contributed by atoms with Gasteiger partial charge in [0.05, 0.1) is 0 Å². The number of aromatic carboxylic acids is 1. The molecule has 0 bridgehead atoms. The molecule has 0 aliphatic heterocycles. The van der Waals surface area contributed by atoms with Crippen molar-refractivity contribution in [2.24, 2.45) is 0 Å². The second-order valence-electron chi connectivity index (χ2n) is 1.61. The maximum Gasteiger partial charge on any atom is 0.349 e. The van der Waals surface area contributed by atoms with Crippen LogP contribution in [0.1, 0.15) is 9.67 Å². The van der Waals surface area contributed by atoms with Gasteiger partial charge in [0.2, 0.25) is 0 Å². The summed E-state index contributed by atoms with van der Waals surface area (Å²) in [6.45, 7) is 0. The Balaban J connectivity index is 3.07. The number of hydrogen-bond donors (Lipinski definition) is 1. The summed E-state index contributed by atoms with van der Waals surface area (Å²) >= 11 is 7.99. The van der Waals surface area contributed by atoms with E-state index in [-0.39, 0.29) is 10.0 Å². The van der Waals surface area contributed by atoms with Crippen LogP contribution in [0, 0.1) is 0 Å². The molecule has 0 aliphatic rings. The summed E-state index contributed by atoms with van der Waals surface area (Å²) in [5, 5.41) is 8.63. The zero-order valence-corrected chi connectivity index (χ0v) is 7.89. The van der Waals surface area contributed by atoms with Gasteiger partial charge in [-0.25, -0.2) is 9.78 Å². The highest BCUT2D eigenvalue weighted by molar-refractivity contribution is 8.00. The molecule has 0 amide bonds. The molecule has 1 aromatic heterocycles. The Hall–Kier alpha value is -0.260. The molecule has 1 rings (SSSR count). The lowest BCUT2D eigenvalue weighted by Gasteiger charge is -1.82. The number of thioether (sulfide) groups is 1. The van der Waals surface area contributed by atoms with E-state index in [1.807, 2.05) is 6.26 Å². The van der Waals surface area contributed by atoms with E-state index >= 15 is 0 Å². The van der Waals surface area contributed by atoms with Gasteiger partial charge in [0.25, 0.3) is 0 Å². The summed E-state index contributed by atoms with van der Waals surface area (Å²) in [5.74, 6) is -1.02. The van der Waals surface area contributed by atoms with Crippen LogP contribution < -0.4 is 0 Å². The third-order valence-corrected chi connectivity index (χ3v) is 3.35. The lowest BCUT2D eigenvalue weighted by atomic mass is 10.6. The van der Waals surface area contributed by atoms with Gasteiger partial charge in [-0.2, -0.15) is 0 Å². The molecular weight excluding hydrogens is 206 g/mol. The molecule has 0 spiro atoms. The third kappa shape index (κ3) is 1.85. The summed E-state index contributed by atoms with van der Waals surface area (Å²) in [5.41, 5.74) is 0. The smallest absolute Gasteiger partial charge is 0.349 e. The average molecular weight is 210 g/mol. The molecule has 0 radical (unpaired) electrons. The first kappa shape index (κ1) is 8.83. The fourth-order valence-corrected chi connectivity index (χ4v) is 2.18. The molecule has 3 nitrogen and oxygen atoms in total. The molecule has 0 saturated carbocycles. The van der Waals surface area contributed by atoms with Crippen molar-refractivity contribution in [2.45, 2.75) is 4.34 Å². The molecule has 1 aromatic rings. The SMILES string of the molecule is CSc1nc(Cl)c(C(=O)O)s1. The second kappa shape index (κ2) is 3.42. The van der Waals surface area contributed by atoms with Crippen molar-refractivity contribution in [1.29, 1.82) is 0 Å². The first-order valence-corrected chi connectivity index (χ1v) is 5.00. The van der Waals surface area contributed by atoms with Crippen LogP contribution >= 0.6 is 34.7 Å². The Morgan fingerprint density at radius 1 is 1.82 bits per heavy atom. The predicted octanol–water partition coefficient (Wildman–Crippen LogP) is 2.22. The van der Waals surface area contributed by atoms with E-state index in [4.69, 9.17) is 16.7 Å². The predicted molar refractivity (Wildman–Crippen MR) is 45.9 cm³/mol. The molecule has 0 aliphatic carbocycles. The summed E-state index contributed by atoms with van der Waals surface area (Å²) in [6, 6.07) is 0. The fourth-order valence-electron chi connectivity index (χ4n) is 0.502. The van der Waals surface area contributed by atoms with Crippen LogP contribution in [0.25, 0.3) is 0 Å². The molecule has 0 fully saturated rings. The first-order valence-electron chi connectivity index (χ1n) is 2.58. The molecule has 0 saturated heterocycles. The minimum absolute atomic E-state index is 0.0758. The van der Waals surface area contributed by atoms with E-state index in [2.05, 4.69) is 4.98 Å². The summed E-state index contributed by atoms with van der Waals surface area (Å²) in [4.78, 5) is 14.4. The lowest BCUT2D eigenvalue weighted by molar-refractivity contribution is 0.0702. The van der Waals surface area contributed by atoms with Crippen LogP contribution in [-0.2, 0) is 0 Å². The van der Waals surface area contributed by atoms with E-state index in [0.29, 0.717) is 4.34 Å². The van der Waals surface area contributed by atoms with Crippen molar-refractivity contribution in [3.8, 4) is 0 Å². The number of rotatable bonds is 2. The van der Waals surface area contributed by atoms with Crippen LogP contribution in [0.3, 0.4) is 0 Å². The van der Waals surface area contributed by atoms with Crippen molar-refractivity contribution >= 4 is 40.7 Å². The monoisotopic (exact) mass is 209 g/mol. The molecule has 0 unspecified atom stereocenters. The van der Waals surface area contributed by atoms with Crippen LogP contribution in [0.4, 0.5) is 0 Å². The zero-order valence-electron chi connectivity index (χ0n) is 5.50. The van der Waals surface area contributed by atoms with Gasteiger partial charge in [-0.3, -0.25) is 0 Å². The second-order valence-corrected chi connectivity index (χ2v) is 4.02. The zero-order chi connectivity index (χ0) is 8.43. The molecule has 60 valence electrons. The molecule has 1 heterocycles. The van der Waals surface area contributed by atoms with E-state index in [1.54, 1.807) is 0 Å². The standard InChI is InChI=1S/C5H4ClNO2S2/c1-10-5-7-3(6)2(11-5)4(8)9/h1H3,(H,8,9). The van der Waals surface area contributed by atoms with Gasteiger partial charge in [0.15, 0.2) is 14.4 Å². The number of thiazole rings is 1. The van der Waals surface area contributed by atoms with E-state index < -0.39 is 5.97 Å². The maximum absolute atomic E-state index is 10.4. The largest absolute Gasteiger partial charge is 0.477 e. The van der Waals surface area contributed by atoms with Gasteiger partial charge < -0.3 is 5.11 Å². The average Bonchev–Trinajstić information content (AvgIpc) is 2.30. The van der Waals surface area contributed by atoms with Gasteiger partial charge in [-0.1, -0.05) is 34.7 Å². The minimum Gasteiger partial charge on any atom is -0.477 e. The Morgan fingerprint density at radius 3 is 2.73 bits per heavy atom. The van der Waals surface area contributed by atoms with Crippen molar-refractivity contribution in [2.75, 3.05) is 6.26 Å². The van der Waals surface area contributed by atoms with E-state index in [0.717, 1.165) is 11.3 Å². The van der Waals surface area contributed by atoms with Gasteiger partial charge in [-0.05, 0) is 6.26 Å². The Kier molecular flexibility index (Phi) is 2.75. The lowest BCUT2D eigenvalue weighted by Crippen LogP contribution is -1.91. The topological polar surface area (TPSA) is 50.2 Å². The molecule has 0 atom stereocenters. The number of nitrogens with zero attached hydrogens (tertiary/aromatic N) is 1. The highest BCUT2D eigenvalue weighted by Gasteiger charge is 2.14. The van der Waals surface area contributed by atoms with Gasteiger partial charge >= 0.3 is 5.97 Å². The number of aromatic nitrogens is 1. The van der Waals surface area contributed by atoms with E-state index in [1.165, 1.54) is 11.8 Å². The van der Waals surface area contributed by atoms with Gasteiger partial charge in [0, 0.05) is 0 Å². The molecular formula is C5H4ClNO2S2. The third-order valence-electron chi connectivity index (χ3n) is 0.935. The summed E-state index contributed by atoms with van der Waals surface area (Å²) < 4.78 is 0.674. The van der Waals surface area contributed by atoms with Crippen LogP contribution in [0.5, 0.6) is 0 Å². The number of hydrogen-bond acceptors (Lipinski definition) is 4. The van der Waals surface area contributed by atoms with Crippen molar-refractivity contribution in [3.05, 3.63) is 10.0 Å². The molecule has 1 N–H and O–H groups in total. The Morgan fingerprint density at radius 2 is 2.45 bits per heavy atom. The van der Waals surface area contributed by atoms with Crippen molar-refractivity contribution < 1.29 is 9.90 Å². The number of carboxylic acids is 1. The highest BCUT2D eigenvalue weighted by Crippen LogP contribution is 2.28. The van der Waals surface area contributed by atoms with Crippen LogP contribution in [0.15, 0.2) is 4.34 Å². The minimum atomic E-state index is -1.02. The van der Waals surface area contributed by atoms with E-state index in [9.17, 15) is 4.79 Å². The molecule has 11 heavy (non-hydrogen) atoms. The fraction of sp³-hybridized carbons (Fsp3) is 0.200. The van der Waals surface area contributed by atoms with Crippen molar-refractivity contribution in [3.63, 3.8) is 0 Å². The normalized spacial score (nSPS) is 10.0. The number of carbonyl (C=O) groups is 1. The quantitative estimate of drug-likeness (QED) is 0.759.